The molecule has 268 valence electrons. The fraction of sp³-hybridized carbons (Fsp3) is 0.927. The van der Waals surface area contributed by atoms with Crippen LogP contribution in [0.1, 0.15) is 105 Å². The van der Waals surface area contributed by atoms with E-state index in [4.69, 9.17) is 14.2 Å². The van der Waals surface area contributed by atoms with Crippen molar-refractivity contribution in [3.05, 3.63) is 0 Å². The summed E-state index contributed by atoms with van der Waals surface area (Å²) >= 11 is 0. The van der Waals surface area contributed by atoms with E-state index >= 15 is 0 Å². The lowest BCUT2D eigenvalue weighted by atomic mass is 9.57. The normalized spacial score (nSPS) is 47.4. The van der Waals surface area contributed by atoms with Gasteiger partial charge in [-0.1, -0.05) is 20.8 Å². The molecule has 1 N–H and O–H groups in total. The third-order valence-corrected chi connectivity index (χ3v) is 17.1. The molecule has 18 unspecified atom stereocenters. The van der Waals surface area contributed by atoms with E-state index in [9.17, 15) is 19.5 Å². The fourth-order valence-electron chi connectivity index (χ4n) is 14.8. The second kappa shape index (κ2) is 12.5. The lowest BCUT2D eigenvalue weighted by Gasteiger charge is -2.47. The van der Waals surface area contributed by atoms with Gasteiger partial charge in [-0.05, 0) is 179 Å². The van der Waals surface area contributed by atoms with Gasteiger partial charge in [0, 0.05) is 0 Å². The van der Waals surface area contributed by atoms with Gasteiger partial charge in [0.1, 0.15) is 0 Å². The Kier molecular flexibility index (Phi) is 8.76. The predicted molar refractivity (Wildman–Crippen MR) is 180 cm³/mol. The van der Waals surface area contributed by atoms with Crippen LogP contribution in [0, 0.1) is 112 Å². The van der Waals surface area contributed by atoms with Crippen LogP contribution in [0.2, 0.25) is 0 Å². The molecule has 7 nitrogen and oxygen atoms in total. The van der Waals surface area contributed by atoms with Crippen molar-refractivity contribution in [2.45, 2.75) is 105 Å². The first-order valence-corrected chi connectivity index (χ1v) is 20.1. The largest absolute Gasteiger partial charge is 0.481 e. The number of carboxylic acid groups (broad SMARTS) is 1. The monoisotopic (exact) mass is 666 g/mol. The van der Waals surface area contributed by atoms with Crippen molar-refractivity contribution in [1.82, 2.24) is 0 Å². The third-order valence-electron chi connectivity index (χ3n) is 17.1. The van der Waals surface area contributed by atoms with Crippen LogP contribution in [-0.4, -0.2) is 43.0 Å². The molecule has 0 saturated heterocycles. The van der Waals surface area contributed by atoms with Gasteiger partial charge in [-0.25, -0.2) is 0 Å². The summed E-state index contributed by atoms with van der Waals surface area (Å²) in [5.74, 6) is 5.61. The zero-order chi connectivity index (χ0) is 33.6. The van der Waals surface area contributed by atoms with E-state index in [1.807, 2.05) is 13.8 Å². The molecule has 0 aromatic rings. The molecule has 8 aliphatic carbocycles. The molecule has 8 rings (SSSR count). The Morgan fingerprint density at radius 2 is 1.25 bits per heavy atom. The molecular formula is C41H62O7. The predicted octanol–water partition coefficient (Wildman–Crippen LogP) is 7.71. The van der Waals surface area contributed by atoms with Crippen molar-refractivity contribution in [1.29, 1.82) is 0 Å². The first-order valence-electron chi connectivity index (χ1n) is 20.1. The molecule has 0 aromatic carbocycles. The molecule has 0 aliphatic heterocycles. The summed E-state index contributed by atoms with van der Waals surface area (Å²) in [7, 11) is 0. The van der Waals surface area contributed by atoms with Crippen LogP contribution < -0.4 is 0 Å². The Hall–Kier alpha value is -1.63. The standard InChI is InChI=1S/C41H62O7/c1-20-23-6-8-25(12-23)32(20)17-46-19-48-39(44)34(22(3)38(42)43)37-30-15-29(35-27-10-11-28(14-27)36(30)35)31(37)16-41(4,5)40(45)47-18-33-21(2)24-7-9-26(33)13-24/h20-37H,6-19H2,1-5H3,(H,42,43). The van der Waals surface area contributed by atoms with Crippen LogP contribution in [0.15, 0.2) is 0 Å². The Bertz CT molecular complexity index is 1260. The van der Waals surface area contributed by atoms with E-state index in [0.29, 0.717) is 78.8 Å². The lowest BCUT2D eigenvalue weighted by molar-refractivity contribution is -0.175. The molecule has 8 aliphatic rings. The first kappa shape index (κ1) is 33.5. The van der Waals surface area contributed by atoms with Crippen molar-refractivity contribution in [3.8, 4) is 0 Å². The van der Waals surface area contributed by atoms with Crippen LogP contribution in [0.5, 0.6) is 0 Å². The highest BCUT2D eigenvalue weighted by Crippen LogP contribution is 2.72. The van der Waals surface area contributed by atoms with Crippen molar-refractivity contribution in [3.63, 3.8) is 0 Å². The molecule has 0 heterocycles. The summed E-state index contributed by atoms with van der Waals surface area (Å²) in [5.41, 5.74) is -0.706. The summed E-state index contributed by atoms with van der Waals surface area (Å²) < 4.78 is 18.1. The number of aliphatic carboxylic acids is 1. The summed E-state index contributed by atoms with van der Waals surface area (Å²) in [6.45, 7) is 11.4. The lowest BCUT2D eigenvalue weighted by Crippen LogP contribution is -2.48. The molecule has 8 saturated carbocycles. The molecule has 8 bridgehead atoms. The van der Waals surface area contributed by atoms with Gasteiger partial charge in [0.05, 0.1) is 30.5 Å². The highest BCUT2D eigenvalue weighted by molar-refractivity contribution is 5.81. The van der Waals surface area contributed by atoms with Crippen molar-refractivity contribution < 1.29 is 33.7 Å². The minimum Gasteiger partial charge on any atom is -0.481 e. The molecule has 0 aromatic heterocycles. The summed E-state index contributed by atoms with van der Waals surface area (Å²) in [6, 6.07) is 0. The van der Waals surface area contributed by atoms with Crippen LogP contribution in [0.25, 0.3) is 0 Å². The van der Waals surface area contributed by atoms with Crippen LogP contribution in [0.3, 0.4) is 0 Å². The number of ether oxygens (including phenoxy) is 3. The van der Waals surface area contributed by atoms with Gasteiger partial charge in [-0.3, -0.25) is 14.4 Å². The molecule has 7 heteroatoms. The highest BCUT2D eigenvalue weighted by atomic mass is 16.7. The molecule has 0 amide bonds. The number of hydrogen-bond donors (Lipinski definition) is 1. The minimum absolute atomic E-state index is 0.0996. The number of carbonyl (C=O) groups excluding carboxylic acids is 2. The van der Waals surface area contributed by atoms with Gasteiger partial charge < -0.3 is 19.3 Å². The second-order valence-electron chi connectivity index (χ2n) is 19.3. The van der Waals surface area contributed by atoms with E-state index < -0.39 is 29.2 Å². The number of carbonyl (C=O) groups is 3. The quantitative estimate of drug-likeness (QED) is 0.0931. The van der Waals surface area contributed by atoms with E-state index in [2.05, 4.69) is 13.8 Å². The Labute approximate surface area is 288 Å². The second-order valence-corrected chi connectivity index (χ2v) is 19.3. The maximum absolute atomic E-state index is 14.1. The van der Waals surface area contributed by atoms with Crippen LogP contribution >= 0.6 is 0 Å². The highest BCUT2D eigenvalue weighted by Gasteiger charge is 2.68. The Morgan fingerprint density at radius 1 is 0.708 bits per heavy atom. The third kappa shape index (κ3) is 5.40. The summed E-state index contributed by atoms with van der Waals surface area (Å²) in [6.07, 6.45) is 13.3. The van der Waals surface area contributed by atoms with E-state index in [-0.39, 0.29) is 24.6 Å². The fourth-order valence-corrected chi connectivity index (χ4v) is 14.8. The van der Waals surface area contributed by atoms with E-state index in [1.54, 1.807) is 6.92 Å². The smallest absolute Gasteiger partial charge is 0.312 e. The van der Waals surface area contributed by atoms with Crippen molar-refractivity contribution in [2.24, 2.45) is 112 Å². The SMILES string of the molecule is CC(C(=O)O)C(C(=O)OCOCC1C2CCC(C2)C1C)C1C(CC(C)(C)C(=O)OCC2C3CCC(C3)C2C)C2CC1C1C3CCC(C3)C21. The maximum Gasteiger partial charge on any atom is 0.312 e. The van der Waals surface area contributed by atoms with Crippen LogP contribution in [-0.2, 0) is 28.6 Å². The average Bonchev–Trinajstić information content (AvgIpc) is 3.90. The number of hydrogen-bond acceptors (Lipinski definition) is 6. The molecular weight excluding hydrogens is 604 g/mol. The van der Waals surface area contributed by atoms with Gasteiger partial charge in [-0.15, -0.1) is 0 Å². The molecule has 18 atom stereocenters. The summed E-state index contributed by atoms with van der Waals surface area (Å²) in [4.78, 5) is 40.6. The van der Waals surface area contributed by atoms with Gasteiger partial charge in [0.15, 0.2) is 6.79 Å². The van der Waals surface area contributed by atoms with Crippen molar-refractivity contribution >= 4 is 17.9 Å². The zero-order valence-electron chi connectivity index (χ0n) is 30.2. The van der Waals surface area contributed by atoms with Crippen molar-refractivity contribution in [2.75, 3.05) is 20.0 Å². The first-order chi connectivity index (χ1) is 22.9. The molecule has 8 fully saturated rings. The Balaban J connectivity index is 0.982. The molecule has 0 radical (unpaired) electrons. The van der Waals surface area contributed by atoms with Gasteiger partial charge in [-0.2, -0.15) is 0 Å². The topological polar surface area (TPSA) is 99.1 Å². The Morgan fingerprint density at radius 3 is 1.83 bits per heavy atom. The minimum atomic E-state index is -0.946. The van der Waals surface area contributed by atoms with E-state index in [1.165, 1.54) is 57.8 Å². The number of esters is 2. The number of rotatable bonds is 13. The van der Waals surface area contributed by atoms with Gasteiger partial charge in [0.2, 0.25) is 0 Å². The average molecular weight is 667 g/mol. The number of carboxylic acids is 1. The van der Waals surface area contributed by atoms with Crippen LogP contribution in [0.4, 0.5) is 0 Å². The van der Waals surface area contributed by atoms with Gasteiger partial charge in [0.25, 0.3) is 0 Å². The zero-order valence-corrected chi connectivity index (χ0v) is 30.2. The van der Waals surface area contributed by atoms with Gasteiger partial charge >= 0.3 is 17.9 Å². The maximum atomic E-state index is 14.1. The summed E-state index contributed by atoms with van der Waals surface area (Å²) in [5, 5.41) is 10.4. The van der Waals surface area contributed by atoms with E-state index in [0.717, 1.165) is 30.1 Å². The number of fused-ring (bicyclic) bond motifs is 13. The molecule has 0 spiro atoms. The molecule has 48 heavy (non-hydrogen) atoms.